The molecule has 1 aliphatic heterocycles. The lowest BCUT2D eigenvalue weighted by Crippen LogP contribution is -2.32. The summed E-state index contributed by atoms with van der Waals surface area (Å²) >= 11 is 0.756. The minimum absolute atomic E-state index is 0.236. The molecule has 0 spiro atoms. The molecule has 1 unspecified atom stereocenters. The molecule has 1 atom stereocenters. The van der Waals surface area contributed by atoms with Crippen molar-refractivity contribution < 1.29 is 17.9 Å². The third-order valence-corrected chi connectivity index (χ3v) is 3.37. The van der Waals surface area contributed by atoms with Gasteiger partial charge in [0.2, 0.25) is 0 Å². The van der Waals surface area contributed by atoms with Crippen LogP contribution in [0, 0.1) is 0 Å². The van der Waals surface area contributed by atoms with Crippen LogP contribution in [0.25, 0.3) is 0 Å². The molecule has 1 saturated heterocycles. The highest BCUT2D eigenvalue weighted by atomic mass is 32.1. The van der Waals surface area contributed by atoms with Crippen molar-refractivity contribution >= 4 is 11.3 Å². The van der Waals surface area contributed by atoms with Crippen LogP contribution in [-0.2, 0) is 10.9 Å². The number of ether oxygens (including phenoxy) is 1. The number of hydrogen-bond acceptors (Lipinski definition) is 3. The Bertz CT molecular complexity index is 330. The summed E-state index contributed by atoms with van der Waals surface area (Å²) in [6, 6.07) is 2.60. The van der Waals surface area contributed by atoms with Gasteiger partial charge in [0.25, 0.3) is 0 Å². The highest BCUT2D eigenvalue weighted by Gasteiger charge is 2.33. The Balaban J connectivity index is 2.12. The van der Waals surface area contributed by atoms with Gasteiger partial charge >= 0.3 is 6.18 Å². The quantitative estimate of drug-likeness (QED) is 0.810. The number of nitrogens with one attached hydrogen (secondary N) is 1. The van der Waals surface area contributed by atoms with Gasteiger partial charge in [0.05, 0.1) is 6.61 Å². The Kier molecular flexibility index (Phi) is 2.99. The van der Waals surface area contributed by atoms with Crippen molar-refractivity contribution in [3.8, 4) is 0 Å². The summed E-state index contributed by atoms with van der Waals surface area (Å²) in [6.07, 6.45) is -4.48. The molecule has 84 valence electrons. The first-order valence-electron chi connectivity index (χ1n) is 4.56. The third-order valence-electron chi connectivity index (χ3n) is 2.15. The van der Waals surface area contributed by atoms with Gasteiger partial charge in [-0.15, -0.1) is 11.3 Å². The molecule has 6 heteroatoms. The van der Waals surface area contributed by atoms with E-state index in [9.17, 15) is 13.2 Å². The molecule has 0 aliphatic carbocycles. The van der Waals surface area contributed by atoms with Crippen LogP contribution in [0.5, 0.6) is 0 Å². The maximum Gasteiger partial charge on any atom is 0.425 e. The van der Waals surface area contributed by atoms with Crippen molar-refractivity contribution in [2.75, 3.05) is 19.7 Å². The summed E-state index contributed by atoms with van der Waals surface area (Å²) < 4.78 is 42.3. The van der Waals surface area contributed by atoms with Crippen LogP contribution < -0.4 is 5.32 Å². The zero-order valence-electron chi connectivity index (χ0n) is 7.80. The molecule has 0 amide bonds. The van der Waals surface area contributed by atoms with E-state index in [0.29, 0.717) is 18.0 Å². The summed E-state index contributed by atoms with van der Waals surface area (Å²) in [4.78, 5) is 0.0706. The molecule has 2 nitrogen and oxygen atoms in total. The van der Waals surface area contributed by atoms with E-state index in [2.05, 4.69) is 5.32 Å². The molecule has 1 fully saturated rings. The standard InChI is InChI=1S/C9H10F3NOS/c10-9(11,12)8-2-1-7(15-8)6-5-13-3-4-14-6/h1-2,6,13H,3-5H2. The smallest absolute Gasteiger partial charge is 0.370 e. The van der Waals surface area contributed by atoms with Gasteiger partial charge in [-0.2, -0.15) is 13.2 Å². The number of halogens is 3. The minimum atomic E-state index is -4.25. The van der Waals surface area contributed by atoms with Gasteiger partial charge in [-0.25, -0.2) is 0 Å². The van der Waals surface area contributed by atoms with Gasteiger partial charge in [-0.3, -0.25) is 0 Å². The second-order valence-electron chi connectivity index (χ2n) is 3.26. The predicted octanol–water partition coefficient (Wildman–Crippen LogP) is 2.43. The Morgan fingerprint density at radius 2 is 2.20 bits per heavy atom. The van der Waals surface area contributed by atoms with E-state index in [1.54, 1.807) is 0 Å². The average molecular weight is 237 g/mol. The maximum atomic E-state index is 12.3. The minimum Gasteiger partial charge on any atom is -0.370 e. The number of hydrogen-bond donors (Lipinski definition) is 1. The highest BCUT2D eigenvalue weighted by molar-refractivity contribution is 7.12. The van der Waals surface area contributed by atoms with Crippen LogP contribution in [0.1, 0.15) is 15.9 Å². The Labute approximate surface area is 89.1 Å². The zero-order chi connectivity index (χ0) is 10.9. The van der Waals surface area contributed by atoms with E-state index < -0.39 is 11.1 Å². The lowest BCUT2D eigenvalue weighted by molar-refractivity contribution is -0.134. The Morgan fingerprint density at radius 3 is 2.73 bits per heavy atom. The summed E-state index contributed by atoms with van der Waals surface area (Å²) in [5.41, 5.74) is 0. The summed E-state index contributed by atoms with van der Waals surface area (Å²) in [6.45, 7) is 1.88. The van der Waals surface area contributed by atoms with E-state index in [1.807, 2.05) is 0 Å². The first kappa shape index (κ1) is 10.9. The normalized spacial score (nSPS) is 23.0. The van der Waals surface area contributed by atoms with Crippen molar-refractivity contribution in [3.05, 3.63) is 21.9 Å². The molecule has 1 N–H and O–H groups in total. The summed E-state index contributed by atoms with van der Waals surface area (Å²) in [5.74, 6) is 0. The molecular weight excluding hydrogens is 227 g/mol. The predicted molar refractivity (Wildman–Crippen MR) is 50.9 cm³/mol. The molecule has 2 heterocycles. The first-order chi connectivity index (χ1) is 7.07. The van der Waals surface area contributed by atoms with E-state index in [4.69, 9.17) is 4.74 Å². The monoisotopic (exact) mass is 237 g/mol. The lowest BCUT2D eigenvalue weighted by atomic mass is 10.2. The van der Waals surface area contributed by atoms with Crippen molar-refractivity contribution in [3.63, 3.8) is 0 Å². The van der Waals surface area contributed by atoms with Crippen molar-refractivity contribution in [1.82, 2.24) is 5.32 Å². The number of rotatable bonds is 1. The maximum absolute atomic E-state index is 12.3. The molecule has 0 saturated carbocycles. The van der Waals surface area contributed by atoms with E-state index in [-0.39, 0.29) is 6.10 Å². The second-order valence-corrected chi connectivity index (χ2v) is 4.38. The van der Waals surface area contributed by atoms with E-state index in [0.717, 1.165) is 23.9 Å². The van der Waals surface area contributed by atoms with Crippen LogP contribution >= 0.6 is 11.3 Å². The Hall–Kier alpha value is -0.590. The molecule has 0 aromatic carbocycles. The number of alkyl halides is 3. The summed E-state index contributed by atoms with van der Waals surface area (Å²) in [7, 11) is 0. The first-order valence-corrected chi connectivity index (χ1v) is 5.38. The molecule has 1 aliphatic rings. The molecule has 0 radical (unpaired) electrons. The fourth-order valence-corrected chi connectivity index (χ4v) is 2.35. The van der Waals surface area contributed by atoms with Gasteiger partial charge in [0.15, 0.2) is 0 Å². The van der Waals surface area contributed by atoms with Gasteiger partial charge in [-0.05, 0) is 12.1 Å². The van der Waals surface area contributed by atoms with Crippen LogP contribution in [0.4, 0.5) is 13.2 Å². The second kappa shape index (κ2) is 4.11. The van der Waals surface area contributed by atoms with Crippen molar-refractivity contribution in [2.45, 2.75) is 12.3 Å². The van der Waals surface area contributed by atoms with Crippen molar-refractivity contribution in [1.29, 1.82) is 0 Å². The average Bonchev–Trinajstić information content (AvgIpc) is 2.67. The van der Waals surface area contributed by atoms with E-state index >= 15 is 0 Å². The van der Waals surface area contributed by atoms with Gasteiger partial charge in [0.1, 0.15) is 11.0 Å². The van der Waals surface area contributed by atoms with Gasteiger partial charge in [0, 0.05) is 18.0 Å². The molecule has 1 aromatic rings. The van der Waals surface area contributed by atoms with Crippen molar-refractivity contribution in [2.24, 2.45) is 0 Å². The number of thiophene rings is 1. The lowest BCUT2D eigenvalue weighted by Gasteiger charge is -2.22. The molecule has 1 aromatic heterocycles. The van der Waals surface area contributed by atoms with Gasteiger partial charge in [-0.1, -0.05) is 0 Å². The number of morpholine rings is 1. The topological polar surface area (TPSA) is 21.3 Å². The molecule has 2 rings (SSSR count). The molecule has 15 heavy (non-hydrogen) atoms. The van der Waals surface area contributed by atoms with Gasteiger partial charge < -0.3 is 10.1 Å². The fraction of sp³-hybridized carbons (Fsp3) is 0.556. The highest BCUT2D eigenvalue weighted by Crippen LogP contribution is 2.37. The molecule has 0 bridgehead atoms. The fourth-order valence-electron chi connectivity index (χ4n) is 1.43. The molecular formula is C9H10F3NOS. The van der Waals surface area contributed by atoms with Crippen LogP contribution in [0.2, 0.25) is 0 Å². The third kappa shape index (κ3) is 2.50. The van der Waals surface area contributed by atoms with Crippen LogP contribution in [0.3, 0.4) is 0 Å². The summed E-state index contributed by atoms with van der Waals surface area (Å²) in [5, 5.41) is 3.08. The zero-order valence-corrected chi connectivity index (χ0v) is 8.62. The largest absolute Gasteiger partial charge is 0.425 e. The van der Waals surface area contributed by atoms with Crippen LogP contribution in [0.15, 0.2) is 12.1 Å². The van der Waals surface area contributed by atoms with E-state index in [1.165, 1.54) is 6.07 Å². The van der Waals surface area contributed by atoms with Crippen LogP contribution in [-0.4, -0.2) is 19.7 Å². The Morgan fingerprint density at radius 1 is 1.40 bits per heavy atom. The SMILES string of the molecule is FC(F)(F)c1ccc(C2CNCCO2)s1.